The van der Waals surface area contributed by atoms with Crippen LogP contribution < -0.4 is 10.5 Å². The van der Waals surface area contributed by atoms with Gasteiger partial charge in [-0.25, -0.2) is 16.8 Å². The van der Waals surface area contributed by atoms with E-state index in [4.69, 9.17) is 10.5 Å². The smallest absolute Gasteiger partial charge is 0.246 e. The molecule has 0 saturated carbocycles. The van der Waals surface area contributed by atoms with Crippen LogP contribution >= 0.6 is 12.4 Å². The molecule has 10 heteroatoms. The van der Waals surface area contributed by atoms with Crippen LogP contribution in [0.3, 0.4) is 0 Å². The number of sulfonamides is 1. The first-order valence-electron chi connectivity index (χ1n) is 6.80. The van der Waals surface area contributed by atoms with Crippen LogP contribution in [0.2, 0.25) is 0 Å². The summed E-state index contributed by atoms with van der Waals surface area (Å²) in [7, 11) is -6.03. The highest BCUT2D eigenvalue weighted by molar-refractivity contribution is 7.91. The molecule has 0 radical (unpaired) electrons. The number of hydrogen-bond acceptors (Lipinski definition) is 6. The number of ether oxygens (including phenoxy) is 1. The van der Waals surface area contributed by atoms with Crippen LogP contribution in [0, 0.1) is 0 Å². The van der Waals surface area contributed by atoms with Gasteiger partial charge in [-0.15, -0.1) is 12.4 Å². The Kier molecular flexibility index (Phi) is 6.45. The molecule has 1 aliphatic heterocycles. The van der Waals surface area contributed by atoms with E-state index in [1.54, 1.807) is 0 Å². The van der Waals surface area contributed by atoms with Crippen molar-refractivity contribution in [3.05, 3.63) is 18.2 Å². The molecule has 7 nitrogen and oxygen atoms in total. The van der Waals surface area contributed by atoms with E-state index in [1.807, 2.05) is 0 Å². The molecule has 0 bridgehead atoms. The predicted molar refractivity (Wildman–Crippen MR) is 89.3 cm³/mol. The van der Waals surface area contributed by atoms with E-state index in [1.165, 1.54) is 23.5 Å². The third-order valence-corrected chi connectivity index (χ3v) is 6.60. The molecule has 1 heterocycles. The topological polar surface area (TPSA) is 107 Å². The molecule has 2 N–H and O–H groups in total. The molecule has 23 heavy (non-hydrogen) atoms. The number of hydrogen-bond donors (Lipinski definition) is 1. The molecular formula is C13H21ClN2O5S2. The fraction of sp³-hybridized carbons (Fsp3) is 0.538. The Labute approximate surface area is 143 Å². The Hall–Kier alpha value is -0.870. The van der Waals surface area contributed by atoms with Gasteiger partial charge < -0.3 is 10.5 Å². The molecule has 0 aromatic heterocycles. The van der Waals surface area contributed by atoms with Crippen LogP contribution in [0.5, 0.6) is 5.75 Å². The average Bonchev–Trinajstić information content (AvgIpc) is 2.45. The zero-order chi connectivity index (χ0) is 16.5. The summed E-state index contributed by atoms with van der Waals surface area (Å²) in [4.78, 5) is -0.208. The average molecular weight is 385 g/mol. The van der Waals surface area contributed by atoms with Gasteiger partial charge in [-0.3, -0.25) is 0 Å². The summed E-state index contributed by atoms with van der Waals surface area (Å²) in [6, 6.07) is 3.61. The first-order chi connectivity index (χ1) is 10.2. The number of methoxy groups -OCH3 is 1. The van der Waals surface area contributed by atoms with E-state index in [9.17, 15) is 16.8 Å². The normalized spacial score (nSPS) is 19.9. The van der Waals surface area contributed by atoms with Gasteiger partial charge in [0, 0.05) is 25.4 Å². The van der Waals surface area contributed by atoms with Crippen LogP contribution in [0.15, 0.2) is 28.0 Å². The summed E-state index contributed by atoms with van der Waals surface area (Å²) in [6.45, 7) is 0.580. The van der Waals surface area contributed by atoms with Crippen LogP contribution in [-0.2, 0) is 19.9 Å². The number of halogens is 1. The summed E-state index contributed by atoms with van der Waals surface area (Å²) in [6.07, 6.45) is 2.48. The fourth-order valence-corrected chi connectivity index (χ4v) is 4.86. The second-order valence-electron chi connectivity index (χ2n) is 5.35. The third kappa shape index (κ3) is 4.36. The Bertz CT molecular complexity index is 765. The zero-order valence-corrected chi connectivity index (χ0v) is 15.4. The fourth-order valence-electron chi connectivity index (χ4n) is 2.42. The molecule has 1 aromatic carbocycles. The minimum atomic E-state index is -3.86. The van der Waals surface area contributed by atoms with Gasteiger partial charge in [0.1, 0.15) is 10.6 Å². The van der Waals surface area contributed by atoms with Crippen LogP contribution in [-0.4, -0.2) is 53.6 Å². The second-order valence-corrected chi connectivity index (χ2v) is 9.27. The molecule has 1 saturated heterocycles. The van der Waals surface area contributed by atoms with Crippen molar-refractivity contribution in [1.82, 2.24) is 4.31 Å². The second kappa shape index (κ2) is 7.35. The molecule has 0 spiro atoms. The summed E-state index contributed by atoms with van der Waals surface area (Å²) in [5, 5.41) is 0. The number of rotatable bonds is 4. The van der Waals surface area contributed by atoms with E-state index in [0.29, 0.717) is 13.0 Å². The SMILES string of the molecule is COc1ccc(S(C)(=O)=O)cc1S(=O)(=O)N1CCCC(N)C1.Cl. The van der Waals surface area contributed by atoms with Crippen molar-refractivity contribution in [1.29, 1.82) is 0 Å². The first kappa shape index (κ1) is 20.2. The van der Waals surface area contributed by atoms with Gasteiger partial charge in [-0.2, -0.15) is 4.31 Å². The van der Waals surface area contributed by atoms with E-state index in [2.05, 4.69) is 0 Å². The number of nitrogens with zero attached hydrogens (tertiary/aromatic N) is 1. The van der Waals surface area contributed by atoms with Gasteiger partial charge >= 0.3 is 0 Å². The minimum absolute atomic E-state index is 0. The highest BCUT2D eigenvalue weighted by Crippen LogP contribution is 2.30. The monoisotopic (exact) mass is 384 g/mol. The van der Waals surface area contributed by atoms with Crippen molar-refractivity contribution >= 4 is 32.3 Å². The molecule has 0 aliphatic carbocycles. The lowest BCUT2D eigenvalue weighted by Gasteiger charge is -2.30. The van der Waals surface area contributed by atoms with Crippen LogP contribution in [0.25, 0.3) is 0 Å². The van der Waals surface area contributed by atoms with E-state index in [0.717, 1.165) is 18.7 Å². The molecule has 1 unspecified atom stereocenters. The lowest BCUT2D eigenvalue weighted by atomic mass is 10.1. The van der Waals surface area contributed by atoms with Crippen molar-refractivity contribution in [2.24, 2.45) is 5.73 Å². The van der Waals surface area contributed by atoms with E-state index in [-0.39, 0.29) is 40.5 Å². The number of piperidine rings is 1. The van der Waals surface area contributed by atoms with E-state index >= 15 is 0 Å². The quantitative estimate of drug-likeness (QED) is 0.816. The molecule has 2 rings (SSSR count). The Balaban J connectivity index is 0.00000264. The molecule has 0 amide bonds. The molecule has 1 atom stereocenters. The van der Waals surface area contributed by atoms with Gasteiger partial charge in [0.25, 0.3) is 0 Å². The Morgan fingerprint density at radius 1 is 1.26 bits per heavy atom. The molecule has 132 valence electrons. The summed E-state index contributed by atoms with van der Waals surface area (Å²) in [5.74, 6) is 0.117. The summed E-state index contributed by atoms with van der Waals surface area (Å²) in [5.41, 5.74) is 5.84. The zero-order valence-electron chi connectivity index (χ0n) is 12.9. The predicted octanol–water partition coefficient (Wildman–Crippen LogP) is 0.632. The van der Waals surface area contributed by atoms with Gasteiger partial charge in [0.2, 0.25) is 10.0 Å². The number of nitrogens with two attached hydrogens (primary N) is 1. The minimum Gasteiger partial charge on any atom is -0.495 e. The number of sulfone groups is 1. The van der Waals surface area contributed by atoms with Crippen LogP contribution in [0.1, 0.15) is 12.8 Å². The van der Waals surface area contributed by atoms with Crippen molar-refractivity contribution in [3.63, 3.8) is 0 Å². The standard InChI is InChI=1S/C13H20N2O5S2.ClH/c1-20-12-6-5-11(21(2,16)17)8-13(12)22(18,19)15-7-3-4-10(14)9-15;/h5-6,8,10H,3-4,7,9,14H2,1-2H3;1H. The number of benzene rings is 1. The van der Waals surface area contributed by atoms with Crippen molar-refractivity contribution in [2.75, 3.05) is 26.5 Å². The maximum atomic E-state index is 12.8. The van der Waals surface area contributed by atoms with Gasteiger partial charge in [-0.05, 0) is 31.0 Å². The Morgan fingerprint density at radius 2 is 1.91 bits per heavy atom. The Morgan fingerprint density at radius 3 is 2.43 bits per heavy atom. The molecule has 1 aliphatic rings. The van der Waals surface area contributed by atoms with Gasteiger partial charge in [0.05, 0.1) is 12.0 Å². The summed E-state index contributed by atoms with van der Waals surface area (Å²) < 4.78 is 55.3. The van der Waals surface area contributed by atoms with Gasteiger partial charge in [-0.1, -0.05) is 0 Å². The largest absolute Gasteiger partial charge is 0.495 e. The highest BCUT2D eigenvalue weighted by atomic mass is 35.5. The lowest BCUT2D eigenvalue weighted by molar-refractivity contribution is 0.314. The molecule has 1 aromatic rings. The highest BCUT2D eigenvalue weighted by Gasteiger charge is 2.32. The molecule has 1 fully saturated rings. The summed E-state index contributed by atoms with van der Waals surface area (Å²) >= 11 is 0. The van der Waals surface area contributed by atoms with Crippen molar-refractivity contribution in [3.8, 4) is 5.75 Å². The van der Waals surface area contributed by atoms with Crippen LogP contribution in [0.4, 0.5) is 0 Å². The molecular weight excluding hydrogens is 364 g/mol. The van der Waals surface area contributed by atoms with Crippen molar-refractivity contribution in [2.45, 2.75) is 28.7 Å². The maximum absolute atomic E-state index is 12.8. The first-order valence-corrected chi connectivity index (χ1v) is 10.1. The van der Waals surface area contributed by atoms with Gasteiger partial charge in [0.15, 0.2) is 9.84 Å². The van der Waals surface area contributed by atoms with E-state index < -0.39 is 19.9 Å². The van der Waals surface area contributed by atoms with Crippen molar-refractivity contribution < 1.29 is 21.6 Å². The maximum Gasteiger partial charge on any atom is 0.246 e. The lowest BCUT2D eigenvalue weighted by Crippen LogP contribution is -2.45. The third-order valence-electron chi connectivity index (χ3n) is 3.60.